The Morgan fingerprint density at radius 3 is 2.71 bits per heavy atom. The van der Waals surface area contributed by atoms with Crippen LogP contribution in [0.3, 0.4) is 0 Å². The second kappa shape index (κ2) is 7.18. The van der Waals surface area contributed by atoms with Crippen LogP contribution in [0.25, 0.3) is 0 Å². The molecule has 0 spiro atoms. The number of nitrogens with zero attached hydrogens (tertiary/aromatic N) is 1. The number of pyridine rings is 1. The van der Waals surface area contributed by atoms with Crippen molar-refractivity contribution in [2.45, 2.75) is 39.3 Å². The lowest BCUT2D eigenvalue weighted by molar-refractivity contribution is 0.281. The maximum Gasteiger partial charge on any atom is 0.165 e. The second-order valence-corrected chi connectivity index (χ2v) is 5.16. The van der Waals surface area contributed by atoms with Gasteiger partial charge >= 0.3 is 0 Å². The van der Waals surface area contributed by atoms with Crippen LogP contribution in [0.5, 0.6) is 5.75 Å². The van der Waals surface area contributed by atoms with Crippen molar-refractivity contribution < 1.29 is 9.13 Å². The van der Waals surface area contributed by atoms with Gasteiger partial charge in [0.2, 0.25) is 0 Å². The second-order valence-electron chi connectivity index (χ2n) is 5.16. The normalized spacial score (nSPS) is 12.2. The van der Waals surface area contributed by atoms with Crippen LogP contribution in [0.15, 0.2) is 36.4 Å². The molecule has 0 amide bonds. The van der Waals surface area contributed by atoms with Crippen LogP contribution in [0.2, 0.25) is 0 Å². The third-order valence-electron chi connectivity index (χ3n) is 3.37. The van der Waals surface area contributed by atoms with Gasteiger partial charge in [-0.25, -0.2) is 4.39 Å². The molecule has 1 unspecified atom stereocenters. The maximum absolute atomic E-state index is 14.0. The molecule has 0 saturated heterocycles. The van der Waals surface area contributed by atoms with Crippen molar-refractivity contribution in [1.29, 1.82) is 0 Å². The largest absolute Gasteiger partial charge is 0.484 e. The number of aryl methyl sites for hydroxylation is 1. The van der Waals surface area contributed by atoms with Crippen molar-refractivity contribution in [3.05, 3.63) is 59.2 Å². The molecule has 0 fully saturated rings. The molecule has 2 aromatic rings. The molecule has 0 bridgehead atoms. The van der Waals surface area contributed by atoms with Gasteiger partial charge in [0, 0.05) is 11.7 Å². The lowest BCUT2D eigenvalue weighted by atomic mass is 10.0. The standard InChI is InChI=1S/C17H21FN2O/c1-3-14(19)10-13-7-5-9-16(18)17(13)21-11-15-8-4-6-12(2)20-15/h4-9,14H,3,10-11,19H2,1-2H3. The molecule has 4 heteroatoms. The monoisotopic (exact) mass is 288 g/mol. The van der Waals surface area contributed by atoms with Crippen molar-refractivity contribution in [2.24, 2.45) is 5.73 Å². The van der Waals surface area contributed by atoms with Crippen molar-refractivity contribution in [2.75, 3.05) is 0 Å². The molecule has 0 aliphatic carbocycles. The summed E-state index contributed by atoms with van der Waals surface area (Å²) < 4.78 is 19.7. The fourth-order valence-electron chi connectivity index (χ4n) is 2.13. The molecule has 1 heterocycles. The molecule has 0 aliphatic rings. The van der Waals surface area contributed by atoms with Gasteiger partial charge in [0.05, 0.1) is 5.69 Å². The van der Waals surface area contributed by atoms with E-state index in [4.69, 9.17) is 10.5 Å². The molecular weight excluding hydrogens is 267 g/mol. The van der Waals surface area contributed by atoms with Crippen LogP contribution in [-0.4, -0.2) is 11.0 Å². The lowest BCUT2D eigenvalue weighted by Crippen LogP contribution is -2.22. The average Bonchev–Trinajstić information content (AvgIpc) is 2.46. The summed E-state index contributed by atoms with van der Waals surface area (Å²) in [5, 5.41) is 0. The first-order valence-electron chi connectivity index (χ1n) is 7.18. The molecule has 2 rings (SSSR count). The minimum absolute atomic E-state index is 0.00578. The number of para-hydroxylation sites is 1. The highest BCUT2D eigenvalue weighted by Crippen LogP contribution is 2.25. The summed E-state index contributed by atoms with van der Waals surface area (Å²) in [4.78, 5) is 4.35. The van der Waals surface area contributed by atoms with Crippen LogP contribution < -0.4 is 10.5 Å². The molecule has 112 valence electrons. The van der Waals surface area contributed by atoms with Crippen LogP contribution in [0, 0.1) is 12.7 Å². The third-order valence-corrected chi connectivity index (χ3v) is 3.37. The number of halogens is 1. The average molecular weight is 288 g/mol. The Hall–Kier alpha value is -1.94. The van der Waals surface area contributed by atoms with Gasteiger partial charge in [0.1, 0.15) is 6.61 Å². The summed E-state index contributed by atoms with van der Waals surface area (Å²) in [7, 11) is 0. The Kier molecular flexibility index (Phi) is 5.28. The smallest absolute Gasteiger partial charge is 0.165 e. The fourth-order valence-corrected chi connectivity index (χ4v) is 2.13. The summed E-state index contributed by atoms with van der Waals surface area (Å²) in [5.74, 6) is -0.0758. The van der Waals surface area contributed by atoms with Crippen molar-refractivity contribution >= 4 is 0 Å². The van der Waals surface area contributed by atoms with Gasteiger partial charge in [0.15, 0.2) is 11.6 Å². The zero-order valence-electron chi connectivity index (χ0n) is 12.5. The molecule has 21 heavy (non-hydrogen) atoms. The fraction of sp³-hybridized carbons (Fsp3) is 0.353. The molecule has 1 atom stereocenters. The highest BCUT2D eigenvalue weighted by atomic mass is 19.1. The van der Waals surface area contributed by atoms with Crippen molar-refractivity contribution in [3.63, 3.8) is 0 Å². The molecule has 0 aliphatic heterocycles. The SMILES string of the molecule is CCC(N)Cc1cccc(F)c1OCc1cccc(C)n1. The van der Waals surface area contributed by atoms with Gasteiger partial charge in [-0.15, -0.1) is 0 Å². The van der Waals surface area contributed by atoms with Gasteiger partial charge < -0.3 is 10.5 Å². The highest BCUT2D eigenvalue weighted by molar-refractivity contribution is 5.35. The summed E-state index contributed by atoms with van der Waals surface area (Å²) in [6.07, 6.45) is 1.44. The van der Waals surface area contributed by atoms with E-state index in [1.54, 1.807) is 6.07 Å². The highest BCUT2D eigenvalue weighted by Gasteiger charge is 2.13. The van der Waals surface area contributed by atoms with Crippen molar-refractivity contribution in [1.82, 2.24) is 4.98 Å². The lowest BCUT2D eigenvalue weighted by Gasteiger charge is -2.15. The number of ether oxygens (including phenoxy) is 1. The first-order chi connectivity index (χ1) is 10.1. The van der Waals surface area contributed by atoms with Gasteiger partial charge in [-0.3, -0.25) is 4.98 Å². The van der Waals surface area contributed by atoms with Gasteiger partial charge in [-0.1, -0.05) is 25.1 Å². The van der Waals surface area contributed by atoms with E-state index in [1.165, 1.54) is 6.07 Å². The van der Waals surface area contributed by atoms with Crippen LogP contribution in [0.4, 0.5) is 4.39 Å². The molecule has 3 nitrogen and oxygen atoms in total. The molecular formula is C17H21FN2O. The zero-order chi connectivity index (χ0) is 15.2. The van der Waals surface area contributed by atoms with E-state index in [1.807, 2.05) is 38.1 Å². The van der Waals surface area contributed by atoms with Crippen LogP contribution >= 0.6 is 0 Å². The van der Waals surface area contributed by atoms with E-state index < -0.39 is 0 Å². The Balaban J connectivity index is 2.15. The number of benzene rings is 1. The molecule has 1 aromatic carbocycles. The number of rotatable bonds is 6. The minimum atomic E-state index is -0.358. The number of aromatic nitrogens is 1. The summed E-state index contributed by atoms with van der Waals surface area (Å²) in [5.41, 5.74) is 8.46. The third kappa shape index (κ3) is 4.26. The van der Waals surface area contributed by atoms with E-state index >= 15 is 0 Å². The van der Waals surface area contributed by atoms with E-state index in [9.17, 15) is 4.39 Å². The number of nitrogens with two attached hydrogens (primary N) is 1. The predicted octanol–water partition coefficient (Wildman–Crippen LogP) is 3.39. The van der Waals surface area contributed by atoms with E-state index in [0.717, 1.165) is 23.4 Å². The predicted molar refractivity (Wildman–Crippen MR) is 81.7 cm³/mol. The Labute approximate surface area is 125 Å². The Morgan fingerprint density at radius 2 is 2.00 bits per heavy atom. The Morgan fingerprint density at radius 1 is 1.24 bits per heavy atom. The summed E-state index contributed by atoms with van der Waals surface area (Å²) >= 11 is 0. The van der Waals surface area contributed by atoms with E-state index in [0.29, 0.717) is 6.42 Å². The molecule has 0 saturated carbocycles. The van der Waals surface area contributed by atoms with E-state index in [-0.39, 0.29) is 24.2 Å². The number of hydrogen-bond donors (Lipinski definition) is 1. The van der Waals surface area contributed by atoms with E-state index in [2.05, 4.69) is 4.98 Å². The maximum atomic E-state index is 14.0. The van der Waals surface area contributed by atoms with Crippen LogP contribution in [-0.2, 0) is 13.0 Å². The molecule has 2 N–H and O–H groups in total. The van der Waals surface area contributed by atoms with Gasteiger partial charge in [-0.05, 0) is 43.5 Å². The minimum Gasteiger partial charge on any atom is -0.484 e. The first-order valence-corrected chi connectivity index (χ1v) is 7.18. The number of hydrogen-bond acceptors (Lipinski definition) is 3. The van der Waals surface area contributed by atoms with Crippen molar-refractivity contribution in [3.8, 4) is 5.75 Å². The van der Waals surface area contributed by atoms with Gasteiger partial charge in [0.25, 0.3) is 0 Å². The summed E-state index contributed by atoms with van der Waals surface area (Å²) in [6, 6.07) is 10.6. The zero-order valence-corrected chi connectivity index (χ0v) is 12.5. The molecule has 1 aromatic heterocycles. The van der Waals surface area contributed by atoms with Gasteiger partial charge in [-0.2, -0.15) is 0 Å². The topological polar surface area (TPSA) is 48.1 Å². The molecule has 0 radical (unpaired) electrons. The quantitative estimate of drug-likeness (QED) is 0.886. The van der Waals surface area contributed by atoms with Crippen LogP contribution in [0.1, 0.15) is 30.3 Å². The summed E-state index contributed by atoms with van der Waals surface area (Å²) in [6.45, 7) is 4.18. The Bertz CT molecular complexity index is 601. The first kappa shape index (κ1) is 15.4.